The number of ether oxygens (including phenoxy) is 1. The van der Waals surface area contributed by atoms with Gasteiger partial charge in [-0.05, 0) is 45.6 Å². The molecule has 0 fully saturated rings. The second-order valence-electron chi connectivity index (χ2n) is 5.60. The molecule has 21 heavy (non-hydrogen) atoms. The summed E-state index contributed by atoms with van der Waals surface area (Å²) in [5.74, 6) is -1.40. The highest BCUT2D eigenvalue weighted by atomic mass is 16.5. The zero-order valence-corrected chi connectivity index (χ0v) is 13.3. The van der Waals surface area contributed by atoms with Gasteiger partial charge in [-0.3, -0.25) is 14.4 Å². The molecule has 0 spiro atoms. The summed E-state index contributed by atoms with van der Waals surface area (Å²) in [6.07, 6.45) is 5.08. The van der Waals surface area contributed by atoms with E-state index in [4.69, 9.17) is 4.74 Å². The van der Waals surface area contributed by atoms with Crippen molar-refractivity contribution in [3.63, 3.8) is 0 Å². The van der Waals surface area contributed by atoms with Gasteiger partial charge < -0.3 is 4.74 Å². The lowest BCUT2D eigenvalue weighted by atomic mass is 9.86. The molecule has 0 bridgehead atoms. The maximum atomic E-state index is 12.4. The fraction of sp³-hybridized carbons (Fsp3) is 0.471. The van der Waals surface area contributed by atoms with Gasteiger partial charge in [0.15, 0.2) is 11.5 Å². The molecule has 0 aromatic rings. The first-order valence-electron chi connectivity index (χ1n) is 7.07. The van der Waals surface area contributed by atoms with Crippen molar-refractivity contribution in [2.45, 2.75) is 47.5 Å². The number of hydrogen-bond donors (Lipinski definition) is 0. The van der Waals surface area contributed by atoms with E-state index in [1.54, 1.807) is 0 Å². The normalized spacial score (nSPS) is 16.5. The van der Waals surface area contributed by atoms with Gasteiger partial charge >= 0.3 is 5.97 Å². The van der Waals surface area contributed by atoms with Crippen molar-refractivity contribution in [2.75, 3.05) is 0 Å². The molecule has 1 atom stereocenters. The Kier molecular flexibility index (Phi) is 5.82. The lowest BCUT2D eigenvalue weighted by molar-refractivity contribution is -0.140. The lowest BCUT2D eigenvalue weighted by Gasteiger charge is -2.20. The summed E-state index contributed by atoms with van der Waals surface area (Å²) < 4.78 is 4.93. The van der Waals surface area contributed by atoms with Crippen LogP contribution in [-0.4, -0.2) is 17.5 Å². The molecule has 1 rings (SSSR count). The molecule has 0 saturated carbocycles. The number of carbonyl (C=O) groups is 3. The fourth-order valence-electron chi connectivity index (χ4n) is 2.14. The highest BCUT2D eigenvalue weighted by molar-refractivity contribution is 6.22. The Morgan fingerprint density at radius 3 is 2.43 bits per heavy atom. The van der Waals surface area contributed by atoms with E-state index >= 15 is 0 Å². The Morgan fingerprint density at radius 1 is 1.29 bits per heavy atom. The molecule has 114 valence electrons. The van der Waals surface area contributed by atoms with Crippen molar-refractivity contribution >= 4 is 17.5 Å². The number of hydrogen-bond acceptors (Lipinski definition) is 4. The molecule has 0 N–H and O–H groups in total. The van der Waals surface area contributed by atoms with Crippen LogP contribution in [0.15, 0.2) is 34.6 Å². The van der Waals surface area contributed by atoms with Crippen LogP contribution in [0.25, 0.3) is 0 Å². The van der Waals surface area contributed by atoms with Crippen LogP contribution in [0.2, 0.25) is 0 Å². The van der Waals surface area contributed by atoms with Gasteiger partial charge in [0, 0.05) is 18.1 Å². The van der Waals surface area contributed by atoms with Crippen molar-refractivity contribution in [2.24, 2.45) is 5.92 Å². The van der Waals surface area contributed by atoms with Crippen molar-refractivity contribution in [3.8, 4) is 0 Å². The fourth-order valence-corrected chi connectivity index (χ4v) is 2.14. The summed E-state index contributed by atoms with van der Waals surface area (Å²) in [4.78, 5) is 35.4. The Balaban J connectivity index is 2.92. The first-order chi connectivity index (χ1) is 9.73. The van der Waals surface area contributed by atoms with Gasteiger partial charge in [-0.25, -0.2) is 0 Å². The number of carbonyl (C=O) groups excluding carboxylic acids is 3. The first-order valence-corrected chi connectivity index (χ1v) is 7.07. The standard InChI is InChI=1S/C17H22O4/c1-10(2)7-6-8-11(3)14-9-15(19)12(4)17(16(14)20)21-13(5)18/h7,9,11H,6,8H2,1-5H3/t11-/m0/s1. The number of esters is 1. The maximum absolute atomic E-state index is 12.4. The van der Waals surface area contributed by atoms with E-state index in [1.165, 1.54) is 25.5 Å². The largest absolute Gasteiger partial charge is 0.422 e. The molecule has 0 saturated heterocycles. The molecule has 4 heteroatoms. The zero-order valence-electron chi connectivity index (χ0n) is 13.3. The topological polar surface area (TPSA) is 60.4 Å². The lowest BCUT2D eigenvalue weighted by Crippen LogP contribution is -2.24. The monoisotopic (exact) mass is 290 g/mol. The molecule has 0 amide bonds. The second kappa shape index (κ2) is 7.16. The second-order valence-corrected chi connectivity index (χ2v) is 5.60. The molecule has 1 aliphatic carbocycles. The molecule has 0 aromatic carbocycles. The van der Waals surface area contributed by atoms with Crippen LogP contribution in [0.5, 0.6) is 0 Å². The van der Waals surface area contributed by atoms with E-state index in [-0.39, 0.29) is 28.8 Å². The molecule has 0 unspecified atom stereocenters. The average Bonchev–Trinajstić information content (AvgIpc) is 2.38. The minimum atomic E-state index is -0.594. The van der Waals surface area contributed by atoms with Gasteiger partial charge in [-0.15, -0.1) is 0 Å². The van der Waals surface area contributed by atoms with Gasteiger partial charge in [-0.1, -0.05) is 18.6 Å². The third-order valence-electron chi connectivity index (χ3n) is 3.39. The molecule has 1 aliphatic rings. The number of ketones is 2. The van der Waals surface area contributed by atoms with Crippen LogP contribution in [0.3, 0.4) is 0 Å². The molecule has 0 aliphatic heterocycles. The molecule has 0 aromatic heterocycles. The van der Waals surface area contributed by atoms with Crippen LogP contribution < -0.4 is 0 Å². The Hall–Kier alpha value is -1.97. The molecule has 4 nitrogen and oxygen atoms in total. The van der Waals surface area contributed by atoms with E-state index in [1.807, 2.05) is 20.8 Å². The van der Waals surface area contributed by atoms with E-state index in [0.29, 0.717) is 5.57 Å². The third-order valence-corrected chi connectivity index (χ3v) is 3.39. The minimum absolute atomic E-state index is 0.0595. The molecular formula is C17H22O4. The van der Waals surface area contributed by atoms with Gasteiger partial charge in [0.1, 0.15) is 0 Å². The Bertz CT molecular complexity index is 557. The van der Waals surface area contributed by atoms with Gasteiger partial charge in [0.05, 0.1) is 0 Å². The number of Topliss-reactive ketones (excluding diaryl/α,β-unsaturated/α-hetero) is 1. The predicted octanol–water partition coefficient (Wildman–Crippen LogP) is 3.28. The van der Waals surface area contributed by atoms with E-state index in [2.05, 4.69) is 6.08 Å². The summed E-state index contributed by atoms with van der Waals surface area (Å²) in [5.41, 5.74) is 1.83. The van der Waals surface area contributed by atoms with E-state index < -0.39 is 5.97 Å². The van der Waals surface area contributed by atoms with Gasteiger partial charge in [-0.2, -0.15) is 0 Å². The summed E-state index contributed by atoms with van der Waals surface area (Å²) in [5, 5.41) is 0. The quantitative estimate of drug-likeness (QED) is 0.443. The summed E-state index contributed by atoms with van der Waals surface area (Å²) in [7, 11) is 0. The van der Waals surface area contributed by atoms with Crippen molar-refractivity contribution in [1.29, 1.82) is 0 Å². The molecule has 0 heterocycles. The zero-order chi connectivity index (χ0) is 16.2. The molecular weight excluding hydrogens is 268 g/mol. The number of rotatable bonds is 5. The van der Waals surface area contributed by atoms with Crippen molar-refractivity contribution in [3.05, 3.63) is 34.6 Å². The molecule has 0 radical (unpaired) electrons. The van der Waals surface area contributed by atoms with Crippen molar-refractivity contribution in [1.82, 2.24) is 0 Å². The first kappa shape index (κ1) is 17.1. The predicted molar refractivity (Wildman–Crippen MR) is 80.4 cm³/mol. The highest BCUT2D eigenvalue weighted by Gasteiger charge is 2.31. The van der Waals surface area contributed by atoms with Crippen LogP contribution in [0.4, 0.5) is 0 Å². The maximum Gasteiger partial charge on any atom is 0.308 e. The summed E-state index contributed by atoms with van der Waals surface area (Å²) in [6.45, 7) is 8.66. The van der Waals surface area contributed by atoms with Crippen LogP contribution in [0, 0.1) is 5.92 Å². The SMILES string of the molecule is CC(=O)OC1=C(C)C(=O)C=C([C@@H](C)CCC=C(C)C)C1=O. The van der Waals surface area contributed by atoms with Crippen molar-refractivity contribution < 1.29 is 19.1 Å². The highest BCUT2D eigenvalue weighted by Crippen LogP contribution is 2.27. The van der Waals surface area contributed by atoms with Crippen LogP contribution in [0.1, 0.15) is 47.5 Å². The Morgan fingerprint density at radius 2 is 1.90 bits per heavy atom. The van der Waals surface area contributed by atoms with Gasteiger partial charge in [0.25, 0.3) is 0 Å². The minimum Gasteiger partial charge on any atom is -0.422 e. The number of allylic oxidation sites excluding steroid dienone is 5. The summed E-state index contributed by atoms with van der Waals surface area (Å²) >= 11 is 0. The average molecular weight is 290 g/mol. The van der Waals surface area contributed by atoms with E-state index in [9.17, 15) is 14.4 Å². The smallest absolute Gasteiger partial charge is 0.308 e. The Labute approximate surface area is 125 Å². The third kappa shape index (κ3) is 4.52. The van der Waals surface area contributed by atoms with E-state index in [0.717, 1.165) is 12.8 Å². The van der Waals surface area contributed by atoms with Gasteiger partial charge in [0.2, 0.25) is 5.78 Å². The summed E-state index contributed by atoms with van der Waals surface area (Å²) in [6, 6.07) is 0. The van der Waals surface area contributed by atoms with Crippen LogP contribution >= 0.6 is 0 Å². The van der Waals surface area contributed by atoms with Crippen LogP contribution in [-0.2, 0) is 19.1 Å².